The monoisotopic (exact) mass is 262 g/mol. The molecule has 1 N–H and O–H groups in total. The van der Waals surface area contributed by atoms with Crippen molar-refractivity contribution in [2.75, 3.05) is 13.6 Å². The van der Waals surface area contributed by atoms with Crippen molar-refractivity contribution in [3.05, 3.63) is 23.2 Å². The van der Waals surface area contributed by atoms with Crippen molar-refractivity contribution in [2.24, 2.45) is 0 Å². The van der Waals surface area contributed by atoms with Crippen molar-refractivity contribution in [1.82, 2.24) is 19.4 Å². The van der Waals surface area contributed by atoms with Gasteiger partial charge in [0.1, 0.15) is 0 Å². The van der Waals surface area contributed by atoms with Crippen molar-refractivity contribution < 1.29 is 0 Å². The fraction of sp³-hybridized carbons (Fsp3) is 0.538. The van der Waals surface area contributed by atoms with Crippen molar-refractivity contribution in [1.29, 1.82) is 0 Å². The fourth-order valence-electron chi connectivity index (χ4n) is 2.78. The van der Waals surface area contributed by atoms with E-state index in [1.165, 1.54) is 25.8 Å². The molecule has 18 heavy (non-hydrogen) atoms. The molecule has 1 atom stereocenters. The number of pyridine rings is 1. The van der Waals surface area contributed by atoms with E-state index in [1.54, 1.807) is 0 Å². The van der Waals surface area contributed by atoms with E-state index >= 15 is 0 Å². The summed E-state index contributed by atoms with van der Waals surface area (Å²) in [6.45, 7) is 2.17. The van der Waals surface area contributed by atoms with E-state index in [0.29, 0.717) is 6.04 Å². The summed E-state index contributed by atoms with van der Waals surface area (Å²) in [4.78, 5) is 9.81. The summed E-state index contributed by atoms with van der Waals surface area (Å²) in [5.74, 6) is 0. The van der Waals surface area contributed by atoms with Crippen LogP contribution in [-0.4, -0.2) is 39.1 Å². The standard InChI is InChI=1S/C13H18N4S/c1-16-7-3-2-4-10(16)9-17-12-5-6-14-8-11(12)15-13(17)18/h5-6,8,10H,2-4,7,9H2,1H3,(H,15,18). The highest BCUT2D eigenvalue weighted by molar-refractivity contribution is 7.71. The van der Waals surface area contributed by atoms with Crippen LogP contribution in [0.3, 0.4) is 0 Å². The van der Waals surface area contributed by atoms with E-state index in [1.807, 2.05) is 18.5 Å². The van der Waals surface area contributed by atoms with E-state index in [4.69, 9.17) is 12.2 Å². The molecule has 0 aromatic carbocycles. The molecule has 1 aliphatic rings. The van der Waals surface area contributed by atoms with E-state index < -0.39 is 0 Å². The van der Waals surface area contributed by atoms with Gasteiger partial charge in [-0.05, 0) is 44.7 Å². The lowest BCUT2D eigenvalue weighted by Crippen LogP contribution is -2.39. The summed E-state index contributed by atoms with van der Waals surface area (Å²) in [5, 5.41) is 0. The van der Waals surface area contributed by atoms with Gasteiger partial charge in [-0.1, -0.05) is 6.42 Å². The molecular weight excluding hydrogens is 244 g/mol. The van der Waals surface area contributed by atoms with Crippen LogP contribution in [-0.2, 0) is 6.54 Å². The predicted molar refractivity (Wildman–Crippen MR) is 75.2 cm³/mol. The number of fused-ring (bicyclic) bond motifs is 1. The summed E-state index contributed by atoms with van der Waals surface area (Å²) >= 11 is 5.42. The number of piperidine rings is 1. The molecule has 0 spiro atoms. The molecule has 0 saturated carbocycles. The van der Waals surface area contributed by atoms with Crippen LogP contribution in [0.25, 0.3) is 11.0 Å². The highest BCUT2D eigenvalue weighted by atomic mass is 32.1. The van der Waals surface area contributed by atoms with Gasteiger partial charge in [-0.2, -0.15) is 0 Å². The zero-order valence-corrected chi connectivity index (χ0v) is 11.4. The lowest BCUT2D eigenvalue weighted by Gasteiger charge is -2.32. The smallest absolute Gasteiger partial charge is 0.178 e. The first-order valence-corrected chi connectivity index (χ1v) is 6.89. The van der Waals surface area contributed by atoms with Gasteiger partial charge in [-0.15, -0.1) is 0 Å². The molecule has 0 bridgehead atoms. The Kier molecular flexibility index (Phi) is 3.18. The predicted octanol–water partition coefficient (Wildman–Crippen LogP) is 2.58. The third-order valence-corrected chi connectivity index (χ3v) is 4.21. The molecule has 1 saturated heterocycles. The van der Waals surface area contributed by atoms with Gasteiger partial charge in [0.05, 0.1) is 17.2 Å². The Hall–Kier alpha value is -1.20. The zero-order chi connectivity index (χ0) is 12.5. The number of rotatable bonds is 2. The van der Waals surface area contributed by atoms with Crippen LogP contribution in [0.4, 0.5) is 0 Å². The fourth-order valence-corrected chi connectivity index (χ4v) is 3.06. The van der Waals surface area contributed by atoms with Crippen molar-refractivity contribution >= 4 is 23.3 Å². The molecule has 1 aliphatic heterocycles. The molecule has 3 rings (SSSR count). The van der Waals surface area contributed by atoms with Crippen LogP contribution in [0.5, 0.6) is 0 Å². The van der Waals surface area contributed by atoms with Crippen LogP contribution in [0.2, 0.25) is 0 Å². The second kappa shape index (κ2) is 4.82. The average Bonchev–Trinajstić information content (AvgIpc) is 2.69. The number of aromatic amines is 1. The zero-order valence-electron chi connectivity index (χ0n) is 10.6. The second-order valence-electron chi connectivity index (χ2n) is 5.06. The van der Waals surface area contributed by atoms with Crippen LogP contribution in [0, 0.1) is 4.77 Å². The molecule has 4 nitrogen and oxygen atoms in total. The Bertz CT molecular complexity index is 600. The maximum atomic E-state index is 5.42. The van der Waals surface area contributed by atoms with Crippen LogP contribution in [0.1, 0.15) is 19.3 Å². The number of nitrogens with one attached hydrogen (secondary N) is 1. The normalized spacial score (nSPS) is 21.5. The van der Waals surface area contributed by atoms with Gasteiger partial charge >= 0.3 is 0 Å². The SMILES string of the molecule is CN1CCCCC1Cn1c(=S)[nH]c2cnccc21. The lowest BCUT2D eigenvalue weighted by molar-refractivity contribution is 0.168. The Morgan fingerprint density at radius 3 is 3.22 bits per heavy atom. The molecule has 0 amide bonds. The minimum atomic E-state index is 0.595. The van der Waals surface area contributed by atoms with E-state index in [9.17, 15) is 0 Å². The van der Waals surface area contributed by atoms with E-state index in [0.717, 1.165) is 22.3 Å². The molecule has 5 heteroatoms. The molecule has 2 aromatic rings. The molecule has 1 fully saturated rings. The molecule has 3 heterocycles. The largest absolute Gasteiger partial charge is 0.329 e. The third-order valence-electron chi connectivity index (χ3n) is 3.89. The topological polar surface area (TPSA) is 36.9 Å². The summed E-state index contributed by atoms with van der Waals surface area (Å²) in [5.41, 5.74) is 2.19. The lowest BCUT2D eigenvalue weighted by atomic mass is 10.0. The summed E-state index contributed by atoms with van der Waals surface area (Å²) in [7, 11) is 2.21. The number of likely N-dealkylation sites (N-methyl/N-ethyl adjacent to an activating group) is 1. The first-order valence-electron chi connectivity index (χ1n) is 6.48. The third kappa shape index (κ3) is 2.08. The minimum absolute atomic E-state index is 0.595. The summed E-state index contributed by atoms with van der Waals surface area (Å²) in [6, 6.07) is 2.63. The Morgan fingerprint density at radius 1 is 1.50 bits per heavy atom. The Labute approximate surface area is 112 Å². The van der Waals surface area contributed by atoms with Gasteiger partial charge in [0.15, 0.2) is 4.77 Å². The molecular formula is C13H18N4S. The van der Waals surface area contributed by atoms with Gasteiger partial charge in [0, 0.05) is 18.8 Å². The van der Waals surface area contributed by atoms with Crippen LogP contribution >= 0.6 is 12.2 Å². The highest BCUT2D eigenvalue weighted by Gasteiger charge is 2.20. The second-order valence-corrected chi connectivity index (χ2v) is 5.45. The van der Waals surface area contributed by atoms with Gasteiger partial charge in [-0.25, -0.2) is 0 Å². The summed E-state index contributed by atoms with van der Waals surface area (Å²) < 4.78 is 3.01. The van der Waals surface area contributed by atoms with Gasteiger partial charge in [0.25, 0.3) is 0 Å². The van der Waals surface area contributed by atoms with E-state index in [-0.39, 0.29) is 0 Å². The minimum Gasteiger partial charge on any atom is -0.329 e. The van der Waals surface area contributed by atoms with Crippen molar-refractivity contribution in [3.8, 4) is 0 Å². The summed E-state index contributed by atoms with van der Waals surface area (Å²) in [6.07, 6.45) is 7.57. The number of imidazole rings is 1. The van der Waals surface area contributed by atoms with Gasteiger partial charge < -0.3 is 14.5 Å². The Balaban J connectivity index is 1.94. The van der Waals surface area contributed by atoms with Crippen molar-refractivity contribution in [3.63, 3.8) is 0 Å². The number of hydrogen-bond acceptors (Lipinski definition) is 3. The molecule has 0 radical (unpaired) electrons. The quantitative estimate of drug-likeness (QED) is 0.845. The number of likely N-dealkylation sites (tertiary alicyclic amines) is 1. The first-order chi connectivity index (χ1) is 8.75. The van der Waals surface area contributed by atoms with Gasteiger partial charge in [-0.3, -0.25) is 4.98 Å². The van der Waals surface area contributed by atoms with E-state index in [2.05, 4.69) is 26.5 Å². The number of nitrogens with zero attached hydrogens (tertiary/aromatic N) is 3. The van der Waals surface area contributed by atoms with Crippen LogP contribution < -0.4 is 0 Å². The van der Waals surface area contributed by atoms with Crippen LogP contribution in [0.15, 0.2) is 18.5 Å². The molecule has 1 unspecified atom stereocenters. The average molecular weight is 262 g/mol. The molecule has 96 valence electrons. The highest BCUT2D eigenvalue weighted by Crippen LogP contribution is 2.19. The molecule has 2 aromatic heterocycles. The number of H-pyrrole nitrogens is 1. The maximum absolute atomic E-state index is 5.42. The number of hydrogen-bond donors (Lipinski definition) is 1. The molecule has 0 aliphatic carbocycles. The van der Waals surface area contributed by atoms with Crippen molar-refractivity contribution in [2.45, 2.75) is 31.8 Å². The maximum Gasteiger partial charge on any atom is 0.178 e. The van der Waals surface area contributed by atoms with Gasteiger partial charge in [0.2, 0.25) is 0 Å². The Morgan fingerprint density at radius 2 is 2.39 bits per heavy atom. The first kappa shape index (κ1) is 11.9. The number of aromatic nitrogens is 3.